The summed E-state index contributed by atoms with van der Waals surface area (Å²) in [4.78, 5) is 11.8. The molecule has 5 nitrogen and oxygen atoms in total. The van der Waals surface area contributed by atoms with Gasteiger partial charge in [0.05, 0.1) is 5.75 Å². The van der Waals surface area contributed by atoms with E-state index in [0.717, 1.165) is 5.56 Å². The SMILES string of the molecule is O=C(NCCS(=O)(=O)NCc1ccc(Cl)cc1)c1ccc(F)cc1. The molecule has 0 aliphatic carbocycles. The van der Waals surface area contributed by atoms with Gasteiger partial charge in [0.2, 0.25) is 10.0 Å². The van der Waals surface area contributed by atoms with Crippen molar-refractivity contribution >= 4 is 27.5 Å². The Morgan fingerprint density at radius 3 is 2.29 bits per heavy atom. The molecule has 2 N–H and O–H groups in total. The summed E-state index contributed by atoms with van der Waals surface area (Å²) in [6.45, 7) is 0.0948. The van der Waals surface area contributed by atoms with Gasteiger partial charge in [-0.15, -0.1) is 0 Å². The molecule has 0 bridgehead atoms. The Morgan fingerprint density at radius 1 is 1.04 bits per heavy atom. The first kappa shape index (κ1) is 18.4. The van der Waals surface area contributed by atoms with E-state index in [1.807, 2.05) is 0 Å². The van der Waals surface area contributed by atoms with Gasteiger partial charge >= 0.3 is 0 Å². The number of halogens is 2. The van der Waals surface area contributed by atoms with E-state index in [1.165, 1.54) is 24.3 Å². The molecular weight excluding hydrogens is 355 g/mol. The third-order valence-electron chi connectivity index (χ3n) is 3.17. The van der Waals surface area contributed by atoms with E-state index < -0.39 is 21.7 Å². The molecule has 0 radical (unpaired) electrons. The summed E-state index contributed by atoms with van der Waals surface area (Å²) in [6, 6.07) is 11.8. The average molecular weight is 371 g/mol. The van der Waals surface area contributed by atoms with Gasteiger partial charge in [-0.3, -0.25) is 4.79 Å². The van der Waals surface area contributed by atoms with Crippen molar-refractivity contribution in [1.82, 2.24) is 10.0 Å². The van der Waals surface area contributed by atoms with Crippen LogP contribution in [0.3, 0.4) is 0 Å². The molecule has 128 valence electrons. The van der Waals surface area contributed by atoms with Crippen molar-refractivity contribution in [3.63, 3.8) is 0 Å². The number of hydrogen-bond donors (Lipinski definition) is 2. The molecule has 0 spiro atoms. The maximum absolute atomic E-state index is 12.8. The van der Waals surface area contributed by atoms with Gasteiger partial charge < -0.3 is 5.32 Å². The Kier molecular flexibility index (Phi) is 6.30. The predicted octanol–water partition coefficient (Wildman–Crippen LogP) is 2.33. The van der Waals surface area contributed by atoms with Crippen LogP contribution >= 0.6 is 11.6 Å². The molecule has 2 aromatic carbocycles. The molecule has 24 heavy (non-hydrogen) atoms. The highest BCUT2D eigenvalue weighted by atomic mass is 35.5. The molecule has 0 saturated heterocycles. The van der Waals surface area contributed by atoms with Crippen LogP contribution < -0.4 is 10.0 Å². The van der Waals surface area contributed by atoms with Gasteiger partial charge in [0.15, 0.2) is 0 Å². The van der Waals surface area contributed by atoms with E-state index in [1.54, 1.807) is 24.3 Å². The van der Waals surface area contributed by atoms with E-state index >= 15 is 0 Å². The number of rotatable bonds is 7. The monoisotopic (exact) mass is 370 g/mol. The fourth-order valence-electron chi connectivity index (χ4n) is 1.87. The molecule has 0 aliphatic heterocycles. The molecule has 0 aromatic heterocycles. The van der Waals surface area contributed by atoms with E-state index in [2.05, 4.69) is 10.0 Å². The summed E-state index contributed by atoms with van der Waals surface area (Å²) < 4.78 is 39.0. The topological polar surface area (TPSA) is 75.3 Å². The highest BCUT2D eigenvalue weighted by Crippen LogP contribution is 2.09. The summed E-state index contributed by atoms with van der Waals surface area (Å²) in [5, 5.41) is 3.06. The molecule has 0 aliphatic rings. The number of benzene rings is 2. The van der Waals surface area contributed by atoms with Gasteiger partial charge in [-0.2, -0.15) is 0 Å². The van der Waals surface area contributed by atoms with Crippen LogP contribution in [-0.2, 0) is 16.6 Å². The molecule has 0 atom stereocenters. The maximum Gasteiger partial charge on any atom is 0.251 e. The van der Waals surface area contributed by atoms with Gasteiger partial charge in [-0.25, -0.2) is 17.5 Å². The first-order valence-corrected chi connectivity index (χ1v) is 9.14. The van der Waals surface area contributed by atoms with Crippen LogP contribution in [0.4, 0.5) is 4.39 Å². The van der Waals surface area contributed by atoms with Crippen molar-refractivity contribution < 1.29 is 17.6 Å². The minimum atomic E-state index is -3.53. The number of hydrogen-bond acceptors (Lipinski definition) is 3. The summed E-state index contributed by atoms with van der Waals surface area (Å²) in [5.74, 6) is -1.16. The highest BCUT2D eigenvalue weighted by Gasteiger charge is 2.11. The van der Waals surface area contributed by atoms with Crippen molar-refractivity contribution in [2.75, 3.05) is 12.3 Å². The third kappa shape index (κ3) is 5.92. The maximum atomic E-state index is 12.8. The molecule has 0 heterocycles. The van der Waals surface area contributed by atoms with Crippen LogP contribution in [-0.4, -0.2) is 26.6 Å². The summed E-state index contributed by atoms with van der Waals surface area (Å²) >= 11 is 5.76. The normalized spacial score (nSPS) is 11.2. The van der Waals surface area contributed by atoms with E-state index in [0.29, 0.717) is 5.02 Å². The Morgan fingerprint density at radius 2 is 1.67 bits per heavy atom. The Bertz CT molecular complexity index is 793. The largest absolute Gasteiger partial charge is 0.351 e. The molecule has 0 saturated carbocycles. The van der Waals surface area contributed by atoms with Gasteiger partial charge in [0.1, 0.15) is 5.82 Å². The van der Waals surface area contributed by atoms with Gasteiger partial charge in [-0.1, -0.05) is 23.7 Å². The Balaban J connectivity index is 1.78. The lowest BCUT2D eigenvalue weighted by atomic mass is 10.2. The minimum absolute atomic E-state index is 0.0494. The predicted molar refractivity (Wildman–Crippen MR) is 90.8 cm³/mol. The molecule has 1 amide bonds. The number of nitrogens with one attached hydrogen (secondary N) is 2. The third-order valence-corrected chi connectivity index (χ3v) is 4.75. The zero-order valence-corrected chi connectivity index (χ0v) is 14.2. The first-order chi connectivity index (χ1) is 11.4. The van der Waals surface area contributed by atoms with Crippen LogP contribution in [0.2, 0.25) is 5.02 Å². The lowest BCUT2D eigenvalue weighted by Gasteiger charge is -2.08. The van der Waals surface area contributed by atoms with Crippen LogP contribution in [0.1, 0.15) is 15.9 Å². The van der Waals surface area contributed by atoms with E-state index in [9.17, 15) is 17.6 Å². The van der Waals surface area contributed by atoms with Crippen molar-refractivity contribution in [2.45, 2.75) is 6.54 Å². The highest BCUT2D eigenvalue weighted by molar-refractivity contribution is 7.89. The smallest absolute Gasteiger partial charge is 0.251 e. The first-order valence-electron chi connectivity index (χ1n) is 7.11. The lowest BCUT2D eigenvalue weighted by molar-refractivity contribution is 0.0956. The molecule has 8 heteroatoms. The second-order valence-electron chi connectivity index (χ2n) is 5.03. The number of amides is 1. The lowest BCUT2D eigenvalue weighted by Crippen LogP contribution is -2.34. The Labute approximate surface area is 144 Å². The molecule has 0 fully saturated rings. The van der Waals surface area contributed by atoms with Crippen molar-refractivity contribution in [3.8, 4) is 0 Å². The van der Waals surface area contributed by atoms with Crippen molar-refractivity contribution in [1.29, 1.82) is 0 Å². The van der Waals surface area contributed by atoms with Gasteiger partial charge in [-0.05, 0) is 42.0 Å². The summed E-state index contributed by atoms with van der Waals surface area (Å²) in [6.07, 6.45) is 0. The molecule has 2 aromatic rings. The van der Waals surface area contributed by atoms with E-state index in [4.69, 9.17) is 11.6 Å². The standard InChI is InChI=1S/C16H16ClFN2O3S/c17-14-5-1-12(2-6-14)11-20-24(22,23)10-9-19-16(21)13-3-7-15(18)8-4-13/h1-8,20H,9-11H2,(H,19,21). The zero-order valence-electron chi connectivity index (χ0n) is 12.6. The van der Waals surface area contributed by atoms with Crippen LogP contribution in [0.25, 0.3) is 0 Å². The molecular formula is C16H16ClFN2O3S. The number of sulfonamides is 1. The number of carbonyl (C=O) groups is 1. The second kappa shape index (κ2) is 8.23. The number of carbonyl (C=O) groups excluding carboxylic acids is 1. The van der Waals surface area contributed by atoms with Gasteiger partial charge in [0.25, 0.3) is 5.91 Å². The van der Waals surface area contributed by atoms with Crippen LogP contribution in [0.5, 0.6) is 0 Å². The summed E-state index contributed by atoms with van der Waals surface area (Å²) in [5.41, 5.74) is 1.04. The van der Waals surface area contributed by atoms with Crippen LogP contribution in [0.15, 0.2) is 48.5 Å². The second-order valence-corrected chi connectivity index (χ2v) is 7.39. The summed E-state index contributed by atoms with van der Waals surface area (Å²) in [7, 11) is -3.53. The van der Waals surface area contributed by atoms with Gasteiger partial charge in [0, 0.05) is 23.7 Å². The zero-order chi connectivity index (χ0) is 17.6. The fourth-order valence-corrected chi connectivity index (χ4v) is 2.90. The quantitative estimate of drug-likeness (QED) is 0.785. The van der Waals surface area contributed by atoms with Crippen molar-refractivity contribution in [2.24, 2.45) is 0 Å². The fraction of sp³-hybridized carbons (Fsp3) is 0.188. The molecule has 2 rings (SSSR count). The average Bonchev–Trinajstić information content (AvgIpc) is 2.55. The van der Waals surface area contributed by atoms with Crippen LogP contribution in [0, 0.1) is 5.82 Å². The minimum Gasteiger partial charge on any atom is -0.351 e. The van der Waals surface area contributed by atoms with Crippen molar-refractivity contribution in [3.05, 3.63) is 70.5 Å². The molecule has 0 unspecified atom stereocenters. The van der Waals surface area contributed by atoms with E-state index in [-0.39, 0.29) is 24.4 Å². The Hall–Kier alpha value is -1.96.